The van der Waals surface area contributed by atoms with Crippen LogP contribution in [-0.2, 0) is 16.6 Å². The summed E-state index contributed by atoms with van der Waals surface area (Å²) in [4.78, 5) is 0.203. The second-order valence-electron chi connectivity index (χ2n) is 7.40. The summed E-state index contributed by atoms with van der Waals surface area (Å²) in [5.74, 6) is 0.376. The third kappa shape index (κ3) is 3.47. The molecule has 148 valence electrons. The van der Waals surface area contributed by atoms with E-state index >= 15 is 0 Å². The number of halogens is 1. The lowest BCUT2D eigenvalue weighted by Gasteiger charge is -2.31. The van der Waals surface area contributed by atoms with Gasteiger partial charge < -0.3 is 4.57 Å². The van der Waals surface area contributed by atoms with Gasteiger partial charge >= 0.3 is 0 Å². The molecule has 0 radical (unpaired) electrons. The number of hydrogen-bond donors (Lipinski definition) is 0. The topological polar surface area (TPSA) is 42.3 Å². The van der Waals surface area contributed by atoms with Crippen molar-refractivity contribution in [3.05, 3.63) is 65.3 Å². The standard InChI is InChI=1S/C22H25ClN2O2S/c1-2-13-24-16-19(18-7-3-5-9-21(18)24)17-11-14-25(15-12-17)28(26,27)22-10-6-4-8-20(22)23/h3-10,16-17H,2,11-15H2,1H3. The zero-order valence-electron chi connectivity index (χ0n) is 16.0. The van der Waals surface area contributed by atoms with Crippen molar-refractivity contribution >= 4 is 32.5 Å². The van der Waals surface area contributed by atoms with Gasteiger partial charge in [0.1, 0.15) is 4.90 Å². The van der Waals surface area contributed by atoms with E-state index in [4.69, 9.17) is 11.6 Å². The highest BCUT2D eigenvalue weighted by Gasteiger charge is 2.32. The Kier molecular flexibility index (Phi) is 5.50. The van der Waals surface area contributed by atoms with E-state index in [-0.39, 0.29) is 9.92 Å². The first kappa shape index (κ1) is 19.5. The zero-order chi connectivity index (χ0) is 19.7. The van der Waals surface area contributed by atoms with E-state index in [9.17, 15) is 8.42 Å². The normalized spacial score (nSPS) is 16.6. The molecule has 1 saturated heterocycles. The molecule has 0 unspecified atom stereocenters. The summed E-state index contributed by atoms with van der Waals surface area (Å²) in [6.07, 6.45) is 5.01. The minimum Gasteiger partial charge on any atom is -0.347 e. The van der Waals surface area contributed by atoms with Crippen molar-refractivity contribution in [2.75, 3.05) is 13.1 Å². The SMILES string of the molecule is CCCn1cc(C2CCN(S(=O)(=O)c3ccccc3Cl)CC2)c2ccccc21. The van der Waals surface area contributed by atoms with Gasteiger partial charge in [0.2, 0.25) is 10.0 Å². The highest BCUT2D eigenvalue weighted by Crippen LogP contribution is 2.36. The van der Waals surface area contributed by atoms with Crippen molar-refractivity contribution in [2.24, 2.45) is 0 Å². The molecule has 0 saturated carbocycles. The first-order valence-electron chi connectivity index (χ1n) is 9.85. The van der Waals surface area contributed by atoms with Gasteiger partial charge in [0.25, 0.3) is 0 Å². The maximum Gasteiger partial charge on any atom is 0.244 e. The van der Waals surface area contributed by atoms with E-state index in [0.29, 0.717) is 19.0 Å². The smallest absolute Gasteiger partial charge is 0.244 e. The third-order valence-corrected chi connectivity index (χ3v) is 8.03. The Labute approximate surface area is 171 Å². The highest BCUT2D eigenvalue weighted by molar-refractivity contribution is 7.89. The Morgan fingerprint density at radius 1 is 1.04 bits per heavy atom. The van der Waals surface area contributed by atoms with Gasteiger partial charge in [0.15, 0.2) is 0 Å². The molecule has 0 N–H and O–H groups in total. The van der Waals surface area contributed by atoms with Crippen molar-refractivity contribution in [2.45, 2.75) is 43.5 Å². The molecule has 0 aliphatic carbocycles. The van der Waals surface area contributed by atoms with Crippen molar-refractivity contribution in [1.82, 2.24) is 8.87 Å². The van der Waals surface area contributed by atoms with Gasteiger partial charge in [-0.2, -0.15) is 4.31 Å². The van der Waals surface area contributed by atoms with Crippen molar-refractivity contribution in [1.29, 1.82) is 0 Å². The fourth-order valence-corrected chi connectivity index (χ4v) is 6.19. The fourth-order valence-electron chi connectivity index (χ4n) is 4.23. The van der Waals surface area contributed by atoms with E-state index < -0.39 is 10.0 Å². The van der Waals surface area contributed by atoms with Crippen molar-refractivity contribution < 1.29 is 8.42 Å². The fraction of sp³-hybridized carbons (Fsp3) is 0.364. The number of rotatable bonds is 5. The Morgan fingerprint density at radius 2 is 1.71 bits per heavy atom. The second kappa shape index (κ2) is 7.90. The van der Waals surface area contributed by atoms with Crippen molar-refractivity contribution in [3.8, 4) is 0 Å². The molecule has 0 bridgehead atoms. The number of aromatic nitrogens is 1. The first-order valence-corrected chi connectivity index (χ1v) is 11.7. The zero-order valence-corrected chi connectivity index (χ0v) is 17.6. The number of para-hydroxylation sites is 1. The molecule has 0 atom stereocenters. The monoisotopic (exact) mass is 416 g/mol. The Hall–Kier alpha value is -1.82. The maximum absolute atomic E-state index is 13.0. The summed E-state index contributed by atoms with van der Waals surface area (Å²) in [5, 5.41) is 1.58. The van der Waals surface area contributed by atoms with Gasteiger partial charge in [-0.3, -0.25) is 0 Å². The summed E-state index contributed by atoms with van der Waals surface area (Å²) >= 11 is 6.14. The summed E-state index contributed by atoms with van der Waals surface area (Å²) in [6, 6.07) is 15.2. The lowest BCUT2D eigenvalue weighted by Crippen LogP contribution is -2.38. The van der Waals surface area contributed by atoms with Crippen LogP contribution in [0.15, 0.2) is 59.6 Å². The summed E-state index contributed by atoms with van der Waals surface area (Å²) in [6.45, 7) is 4.23. The molecule has 1 aliphatic heterocycles. The highest BCUT2D eigenvalue weighted by atomic mass is 35.5. The van der Waals surface area contributed by atoms with Gasteiger partial charge in [-0.15, -0.1) is 0 Å². The molecule has 2 aromatic carbocycles. The average molecular weight is 417 g/mol. The van der Waals surface area contributed by atoms with Gasteiger partial charge in [0.05, 0.1) is 5.02 Å². The molecule has 4 rings (SSSR count). The molecule has 0 spiro atoms. The second-order valence-corrected chi connectivity index (χ2v) is 9.72. The minimum atomic E-state index is -3.55. The largest absolute Gasteiger partial charge is 0.347 e. The van der Waals surface area contributed by atoms with E-state index in [1.165, 1.54) is 16.5 Å². The van der Waals surface area contributed by atoms with E-state index in [2.05, 4.69) is 42.0 Å². The van der Waals surface area contributed by atoms with Crippen LogP contribution in [-0.4, -0.2) is 30.4 Å². The number of piperidine rings is 1. The summed E-state index contributed by atoms with van der Waals surface area (Å²) < 4.78 is 29.9. The van der Waals surface area contributed by atoms with Crippen molar-refractivity contribution in [3.63, 3.8) is 0 Å². The quantitative estimate of drug-likeness (QED) is 0.568. The van der Waals surface area contributed by atoms with E-state index in [1.807, 2.05) is 0 Å². The number of hydrogen-bond acceptors (Lipinski definition) is 2. The van der Waals surface area contributed by atoms with E-state index in [0.717, 1.165) is 25.8 Å². The molecular formula is C22H25ClN2O2S. The Balaban J connectivity index is 1.57. The molecular weight excluding hydrogens is 392 g/mol. The lowest BCUT2D eigenvalue weighted by molar-refractivity contribution is 0.320. The number of benzene rings is 2. The molecule has 0 amide bonds. The molecule has 1 fully saturated rings. The summed E-state index contributed by atoms with van der Waals surface area (Å²) in [5.41, 5.74) is 2.62. The molecule has 4 nitrogen and oxygen atoms in total. The van der Waals surface area contributed by atoms with Crippen LogP contribution >= 0.6 is 11.6 Å². The minimum absolute atomic E-state index is 0.203. The molecule has 2 heterocycles. The van der Waals surface area contributed by atoms with Crippen LogP contribution < -0.4 is 0 Å². The number of aryl methyl sites for hydroxylation is 1. The Morgan fingerprint density at radius 3 is 2.43 bits per heavy atom. The molecule has 28 heavy (non-hydrogen) atoms. The van der Waals surface area contributed by atoms with Crippen LogP contribution in [0.2, 0.25) is 5.02 Å². The van der Waals surface area contributed by atoms with Crippen LogP contribution in [0.1, 0.15) is 37.7 Å². The van der Waals surface area contributed by atoms with Gasteiger partial charge in [-0.1, -0.05) is 48.9 Å². The van der Waals surface area contributed by atoms with Gasteiger partial charge in [0, 0.05) is 36.7 Å². The lowest BCUT2D eigenvalue weighted by atomic mass is 9.90. The van der Waals surface area contributed by atoms with Gasteiger partial charge in [-0.05, 0) is 48.9 Å². The predicted octanol–water partition coefficient (Wildman–Crippen LogP) is 5.27. The first-order chi connectivity index (χ1) is 13.5. The van der Waals surface area contributed by atoms with Crippen LogP contribution in [0, 0.1) is 0 Å². The molecule has 1 aliphatic rings. The van der Waals surface area contributed by atoms with Crippen LogP contribution in [0.25, 0.3) is 10.9 Å². The predicted molar refractivity (Wildman–Crippen MR) is 114 cm³/mol. The Bertz CT molecular complexity index is 1080. The molecule has 3 aromatic rings. The van der Waals surface area contributed by atoms with Crippen LogP contribution in [0.3, 0.4) is 0 Å². The maximum atomic E-state index is 13.0. The van der Waals surface area contributed by atoms with Crippen LogP contribution in [0.4, 0.5) is 0 Å². The van der Waals surface area contributed by atoms with E-state index in [1.54, 1.807) is 28.6 Å². The average Bonchev–Trinajstić information content (AvgIpc) is 3.07. The third-order valence-electron chi connectivity index (χ3n) is 5.63. The number of fused-ring (bicyclic) bond motifs is 1. The molecule has 6 heteroatoms. The number of sulfonamides is 1. The van der Waals surface area contributed by atoms with Crippen LogP contribution in [0.5, 0.6) is 0 Å². The molecule has 1 aromatic heterocycles. The number of nitrogens with zero attached hydrogens (tertiary/aromatic N) is 2. The van der Waals surface area contributed by atoms with Gasteiger partial charge in [-0.25, -0.2) is 8.42 Å². The summed E-state index contributed by atoms with van der Waals surface area (Å²) in [7, 11) is -3.55.